The van der Waals surface area contributed by atoms with Crippen molar-refractivity contribution < 1.29 is 4.84 Å². The summed E-state index contributed by atoms with van der Waals surface area (Å²) in [7, 11) is 1.63. The summed E-state index contributed by atoms with van der Waals surface area (Å²) in [6.07, 6.45) is 3.63. The first-order valence-corrected chi connectivity index (χ1v) is 4.69. The number of hydrogen-bond donors (Lipinski definition) is 0. The fraction of sp³-hybridized carbons (Fsp3) is 0.900. The second-order valence-electron chi connectivity index (χ2n) is 4.38. The normalized spacial score (nSPS) is 21.2. The van der Waals surface area contributed by atoms with E-state index in [2.05, 4.69) is 25.9 Å². The van der Waals surface area contributed by atoms with Crippen LogP contribution in [0.1, 0.15) is 40.0 Å². The molecule has 1 aliphatic carbocycles. The fourth-order valence-corrected chi connectivity index (χ4v) is 1.37. The Balaban J connectivity index is 2.56. The van der Waals surface area contributed by atoms with E-state index >= 15 is 0 Å². The molecule has 2 heteroatoms. The Morgan fingerprint density at radius 1 is 1.50 bits per heavy atom. The van der Waals surface area contributed by atoms with Crippen molar-refractivity contribution in [2.45, 2.75) is 40.0 Å². The maximum absolute atomic E-state index is 4.86. The van der Waals surface area contributed by atoms with Gasteiger partial charge in [-0.05, 0) is 25.2 Å². The molecule has 0 aliphatic heterocycles. The summed E-state index contributed by atoms with van der Waals surface area (Å²) in [6, 6.07) is 0. The Labute approximate surface area is 75.0 Å². The molecular weight excluding hydrogens is 150 g/mol. The van der Waals surface area contributed by atoms with Crippen molar-refractivity contribution in [3.8, 4) is 0 Å². The number of oxime groups is 1. The predicted octanol–water partition coefficient (Wildman–Crippen LogP) is 2.84. The highest BCUT2D eigenvalue weighted by Crippen LogP contribution is 2.47. The van der Waals surface area contributed by atoms with Crippen molar-refractivity contribution >= 4 is 5.71 Å². The fourth-order valence-electron chi connectivity index (χ4n) is 1.37. The highest BCUT2D eigenvalue weighted by atomic mass is 16.6. The molecule has 0 aromatic carbocycles. The smallest absolute Gasteiger partial charge is 0.106 e. The minimum Gasteiger partial charge on any atom is -0.399 e. The Kier molecular flexibility index (Phi) is 2.76. The molecule has 70 valence electrons. The van der Waals surface area contributed by atoms with Crippen LogP contribution in [0.15, 0.2) is 5.16 Å². The average molecular weight is 169 g/mol. The van der Waals surface area contributed by atoms with Gasteiger partial charge in [-0.3, -0.25) is 0 Å². The minimum absolute atomic E-state index is 0.375. The van der Waals surface area contributed by atoms with E-state index in [0.29, 0.717) is 11.3 Å². The third-order valence-corrected chi connectivity index (χ3v) is 2.50. The summed E-state index contributed by atoms with van der Waals surface area (Å²) >= 11 is 0. The third kappa shape index (κ3) is 2.23. The average Bonchev–Trinajstić information content (AvgIpc) is 2.68. The van der Waals surface area contributed by atoms with E-state index in [1.54, 1.807) is 7.11 Å². The lowest BCUT2D eigenvalue weighted by molar-refractivity contribution is 0.209. The molecule has 0 saturated heterocycles. The van der Waals surface area contributed by atoms with E-state index < -0.39 is 0 Å². The van der Waals surface area contributed by atoms with Crippen molar-refractivity contribution in [3.05, 3.63) is 0 Å². The molecule has 0 spiro atoms. The van der Waals surface area contributed by atoms with E-state index in [1.165, 1.54) is 18.6 Å². The molecule has 1 rings (SSSR count). The highest BCUT2D eigenvalue weighted by molar-refractivity contribution is 5.91. The largest absolute Gasteiger partial charge is 0.399 e. The van der Waals surface area contributed by atoms with Crippen LogP contribution in [0.4, 0.5) is 0 Å². The molecule has 0 unspecified atom stereocenters. The summed E-state index contributed by atoms with van der Waals surface area (Å²) in [5.41, 5.74) is 1.63. The molecule has 0 amide bonds. The van der Waals surface area contributed by atoms with E-state index in [4.69, 9.17) is 4.84 Å². The first-order valence-electron chi connectivity index (χ1n) is 4.69. The Morgan fingerprint density at radius 3 is 2.42 bits per heavy atom. The quantitative estimate of drug-likeness (QED) is 0.468. The van der Waals surface area contributed by atoms with Gasteiger partial charge in [0.2, 0.25) is 0 Å². The van der Waals surface area contributed by atoms with Gasteiger partial charge in [-0.15, -0.1) is 0 Å². The van der Waals surface area contributed by atoms with Crippen LogP contribution >= 0.6 is 0 Å². The second kappa shape index (κ2) is 3.46. The van der Waals surface area contributed by atoms with Gasteiger partial charge < -0.3 is 4.84 Å². The molecule has 0 atom stereocenters. The summed E-state index contributed by atoms with van der Waals surface area (Å²) in [5.74, 6) is 0.677. The second-order valence-corrected chi connectivity index (χ2v) is 4.38. The lowest BCUT2D eigenvalue weighted by Crippen LogP contribution is -2.15. The number of nitrogens with zero attached hydrogens (tertiary/aromatic N) is 1. The summed E-state index contributed by atoms with van der Waals surface area (Å²) in [4.78, 5) is 4.86. The van der Waals surface area contributed by atoms with E-state index in [9.17, 15) is 0 Å². The topological polar surface area (TPSA) is 21.6 Å². The monoisotopic (exact) mass is 169 g/mol. The molecule has 0 heterocycles. The molecule has 0 bridgehead atoms. The van der Waals surface area contributed by atoms with Crippen LogP contribution in [-0.4, -0.2) is 12.8 Å². The lowest BCUT2D eigenvalue weighted by atomic mass is 9.95. The standard InChI is InChI=1S/C10H19NO/c1-8(2)7-9(11-12-4)10(3)5-6-10/h8H,5-7H2,1-4H3/b11-9-. The van der Waals surface area contributed by atoms with Gasteiger partial charge >= 0.3 is 0 Å². The molecular formula is C10H19NO. The minimum atomic E-state index is 0.375. The van der Waals surface area contributed by atoms with Crippen LogP contribution in [0.5, 0.6) is 0 Å². The van der Waals surface area contributed by atoms with Crippen molar-refractivity contribution in [1.29, 1.82) is 0 Å². The molecule has 0 aromatic rings. The first-order chi connectivity index (χ1) is 5.58. The molecule has 0 radical (unpaired) electrons. The van der Waals surface area contributed by atoms with Gasteiger partial charge in [-0.25, -0.2) is 0 Å². The zero-order valence-electron chi connectivity index (χ0n) is 8.55. The Morgan fingerprint density at radius 2 is 2.08 bits per heavy atom. The molecule has 1 aliphatic rings. The zero-order chi connectivity index (χ0) is 9.19. The Bertz CT molecular complexity index is 180. The number of rotatable bonds is 4. The zero-order valence-corrected chi connectivity index (χ0v) is 8.55. The third-order valence-electron chi connectivity index (χ3n) is 2.50. The SMILES string of the molecule is CO/N=C(/CC(C)C)C1(C)CC1. The van der Waals surface area contributed by atoms with Gasteiger partial charge in [0.25, 0.3) is 0 Å². The van der Waals surface area contributed by atoms with Gasteiger partial charge in [-0.2, -0.15) is 0 Å². The van der Waals surface area contributed by atoms with Crippen molar-refractivity contribution in [2.24, 2.45) is 16.5 Å². The molecule has 1 fully saturated rings. The van der Waals surface area contributed by atoms with Gasteiger partial charge in [0.15, 0.2) is 0 Å². The summed E-state index contributed by atoms with van der Waals surface area (Å²) in [6.45, 7) is 6.71. The van der Waals surface area contributed by atoms with Crippen LogP contribution in [0.25, 0.3) is 0 Å². The molecule has 1 saturated carbocycles. The Hall–Kier alpha value is -0.530. The van der Waals surface area contributed by atoms with Gasteiger partial charge in [-0.1, -0.05) is 25.9 Å². The molecule has 12 heavy (non-hydrogen) atoms. The van der Waals surface area contributed by atoms with E-state index in [1.807, 2.05) is 0 Å². The van der Waals surface area contributed by atoms with Crippen LogP contribution in [0.2, 0.25) is 0 Å². The van der Waals surface area contributed by atoms with Gasteiger partial charge in [0.05, 0.1) is 5.71 Å². The highest BCUT2D eigenvalue weighted by Gasteiger charge is 2.42. The maximum Gasteiger partial charge on any atom is 0.106 e. The van der Waals surface area contributed by atoms with Crippen LogP contribution in [0, 0.1) is 11.3 Å². The van der Waals surface area contributed by atoms with Crippen molar-refractivity contribution in [2.75, 3.05) is 7.11 Å². The predicted molar refractivity (Wildman–Crippen MR) is 51.2 cm³/mol. The van der Waals surface area contributed by atoms with Gasteiger partial charge in [0, 0.05) is 5.41 Å². The molecule has 0 aromatic heterocycles. The van der Waals surface area contributed by atoms with E-state index in [0.717, 1.165) is 6.42 Å². The summed E-state index contributed by atoms with van der Waals surface area (Å²) in [5, 5.41) is 4.11. The molecule has 0 N–H and O–H groups in total. The van der Waals surface area contributed by atoms with Crippen molar-refractivity contribution in [1.82, 2.24) is 0 Å². The van der Waals surface area contributed by atoms with Crippen LogP contribution in [0.3, 0.4) is 0 Å². The first kappa shape index (κ1) is 9.56. The lowest BCUT2D eigenvalue weighted by Gasteiger charge is -2.13. The maximum atomic E-state index is 4.86. The number of hydrogen-bond acceptors (Lipinski definition) is 2. The molecule has 2 nitrogen and oxygen atoms in total. The van der Waals surface area contributed by atoms with E-state index in [-0.39, 0.29) is 0 Å². The van der Waals surface area contributed by atoms with Gasteiger partial charge in [0.1, 0.15) is 7.11 Å². The summed E-state index contributed by atoms with van der Waals surface area (Å²) < 4.78 is 0. The van der Waals surface area contributed by atoms with Crippen LogP contribution in [-0.2, 0) is 4.84 Å². The van der Waals surface area contributed by atoms with Crippen LogP contribution < -0.4 is 0 Å². The van der Waals surface area contributed by atoms with Crippen molar-refractivity contribution in [3.63, 3.8) is 0 Å².